The molecule has 1 atom stereocenters. The Balaban J connectivity index is 1.47. The third-order valence-electron chi connectivity index (χ3n) is 4.02. The fourth-order valence-corrected chi connectivity index (χ4v) is 4.48. The van der Waals surface area contributed by atoms with Crippen molar-refractivity contribution in [1.82, 2.24) is 9.97 Å². The summed E-state index contributed by atoms with van der Waals surface area (Å²) in [5, 5.41) is 9.08. The van der Waals surface area contributed by atoms with Crippen molar-refractivity contribution in [3.05, 3.63) is 57.0 Å². The average Bonchev–Trinajstić information content (AvgIpc) is 3.32. The molecule has 0 saturated carbocycles. The van der Waals surface area contributed by atoms with Crippen LogP contribution in [0, 0.1) is 0 Å². The van der Waals surface area contributed by atoms with E-state index < -0.39 is 0 Å². The van der Waals surface area contributed by atoms with Crippen LogP contribution in [-0.2, 0) is 11.2 Å². The van der Waals surface area contributed by atoms with Crippen LogP contribution in [0.15, 0.2) is 35.8 Å². The van der Waals surface area contributed by atoms with Gasteiger partial charge in [0.2, 0.25) is 5.91 Å². The fraction of sp³-hybridized carbons (Fsp3) is 0.176. The molecule has 3 aromatic rings. The number of halogens is 1. The molecule has 0 bridgehead atoms. The largest absolute Gasteiger partial charge is 0.301 e. The van der Waals surface area contributed by atoms with E-state index in [4.69, 9.17) is 11.6 Å². The number of amides is 2. The maximum absolute atomic E-state index is 12.5. The monoisotopic (exact) mass is 404 g/mol. The molecule has 2 N–H and O–H groups in total. The van der Waals surface area contributed by atoms with E-state index in [-0.39, 0.29) is 17.7 Å². The summed E-state index contributed by atoms with van der Waals surface area (Å²) in [6, 6.07) is 6.64. The first kappa shape index (κ1) is 17.1. The normalized spacial score (nSPS) is 15.5. The van der Waals surface area contributed by atoms with E-state index in [9.17, 15) is 9.59 Å². The highest BCUT2D eigenvalue weighted by Gasteiger charge is 2.33. The lowest BCUT2D eigenvalue weighted by Gasteiger charge is -2.08. The lowest BCUT2D eigenvalue weighted by atomic mass is 10.1. The van der Waals surface area contributed by atoms with Gasteiger partial charge in [-0.15, -0.1) is 22.7 Å². The van der Waals surface area contributed by atoms with E-state index in [2.05, 4.69) is 20.6 Å². The molecule has 132 valence electrons. The summed E-state index contributed by atoms with van der Waals surface area (Å²) in [7, 11) is 0. The zero-order chi connectivity index (χ0) is 18.1. The third-order valence-corrected chi connectivity index (χ3v) is 6.01. The molecule has 1 aliphatic rings. The van der Waals surface area contributed by atoms with Crippen molar-refractivity contribution in [3.63, 3.8) is 0 Å². The molecule has 1 aromatic carbocycles. The molecule has 6 nitrogen and oxygen atoms in total. The third kappa shape index (κ3) is 3.48. The SMILES string of the molecule is O=C(Nc1nc2c(s1)CCC2C(=O)Nc1nccs1)c1ccc(Cl)cc1. The minimum absolute atomic E-state index is 0.112. The summed E-state index contributed by atoms with van der Waals surface area (Å²) < 4.78 is 0. The van der Waals surface area contributed by atoms with Crippen LogP contribution in [0.3, 0.4) is 0 Å². The quantitative estimate of drug-likeness (QED) is 0.683. The van der Waals surface area contributed by atoms with E-state index >= 15 is 0 Å². The van der Waals surface area contributed by atoms with Crippen LogP contribution in [0.25, 0.3) is 0 Å². The number of thiazole rings is 2. The molecule has 1 unspecified atom stereocenters. The number of aryl methyl sites for hydroxylation is 1. The average molecular weight is 405 g/mol. The summed E-state index contributed by atoms with van der Waals surface area (Å²) >= 11 is 8.63. The second-order valence-corrected chi connectivity index (χ2v) is 8.12. The van der Waals surface area contributed by atoms with Crippen molar-refractivity contribution in [2.45, 2.75) is 18.8 Å². The first-order valence-corrected chi connectivity index (χ1v) is 9.94. The Labute approximate surface area is 162 Å². The van der Waals surface area contributed by atoms with E-state index in [1.165, 1.54) is 22.7 Å². The van der Waals surface area contributed by atoms with Crippen LogP contribution in [-0.4, -0.2) is 21.8 Å². The highest BCUT2D eigenvalue weighted by molar-refractivity contribution is 7.16. The second-order valence-electron chi connectivity index (χ2n) is 5.71. The summed E-state index contributed by atoms with van der Waals surface area (Å²) in [5.41, 5.74) is 1.25. The molecule has 0 fully saturated rings. The number of carbonyl (C=O) groups is 2. The Hall–Kier alpha value is -2.29. The van der Waals surface area contributed by atoms with Gasteiger partial charge in [-0.05, 0) is 37.1 Å². The number of hydrogen-bond donors (Lipinski definition) is 2. The molecule has 4 rings (SSSR count). The molecule has 0 spiro atoms. The molecule has 0 radical (unpaired) electrons. The lowest BCUT2D eigenvalue weighted by molar-refractivity contribution is -0.117. The van der Waals surface area contributed by atoms with Crippen LogP contribution in [0.5, 0.6) is 0 Å². The van der Waals surface area contributed by atoms with Crippen LogP contribution in [0.1, 0.15) is 33.3 Å². The first-order chi connectivity index (χ1) is 12.6. The zero-order valence-corrected chi connectivity index (χ0v) is 15.7. The summed E-state index contributed by atoms with van der Waals surface area (Å²) in [6.07, 6.45) is 3.14. The van der Waals surface area contributed by atoms with Crippen LogP contribution in [0.2, 0.25) is 5.02 Å². The van der Waals surface area contributed by atoms with Crippen molar-refractivity contribution in [3.8, 4) is 0 Å². The Bertz CT molecular complexity index is 954. The standard InChI is InChI=1S/C17H13ClN4O2S2/c18-10-3-1-9(2-4-10)14(23)21-17-20-13-11(5-6-12(13)26-17)15(24)22-16-19-7-8-25-16/h1-4,7-8,11H,5-6H2,(H,19,22,24)(H,20,21,23). The molecule has 1 aliphatic carbocycles. The zero-order valence-electron chi connectivity index (χ0n) is 13.4. The van der Waals surface area contributed by atoms with Gasteiger partial charge in [0.1, 0.15) is 0 Å². The van der Waals surface area contributed by atoms with E-state index in [1.54, 1.807) is 30.5 Å². The van der Waals surface area contributed by atoms with E-state index in [0.29, 0.717) is 20.8 Å². The first-order valence-electron chi connectivity index (χ1n) is 7.87. The summed E-state index contributed by atoms with van der Waals surface area (Å²) in [4.78, 5) is 34.4. The van der Waals surface area contributed by atoms with Gasteiger partial charge in [0.15, 0.2) is 10.3 Å². The van der Waals surface area contributed by atoms with Gasteiger partial charge in [-0.25, -0.2) is 9.97 Å². The van der Waals surface area contributed by atoms with Gasteiger partial charge in [0.05, 0.1) is 11.6 Å². The number of fused-ring (bicyclic) bond motifs is 1. The summed E-state index contributed by atoms with van der Waals surface area (Å²) in [6.45, 7) is 0. The predicted molar refractivity (Wildman–Crippen MR) is 103 cm³/mol. The molecule has 9 heteroatoms. The Morgan fingerprint density at radius 3 is 2.69 bits per heavy atom. The van der Waals surface area contributed by atoms with Crippen LogP contribution >= 0.6 is 34.3 Å². The number of hydrogen-bond acceptors (Lipinski definition) is 6. The van der Waals surface area contributed by atoms with Crippen molar-refractivity contribution in [1.29, 1.82) is 0 Å². The van der Waals surface area contributed by atoms with Gasteiger partial charge in [-0.2, -0.15) is 0 Å². The molecule has 2 amide bonds. The summed E-state index contributed by atoms with van der Waals surface area (Å²) in [5.74, 6) is -0.677. The van der Waals surface area contributed by atoms with Crippen LogP contribution in [0.4, 0.5) is 10.3 Å². The van der Waals surface area contributed by atoms with E-state index in [0.717, 1.165) is 23.4 Å². The van der Waals surface area contributed by atoms with Gasteiger partial charge < -0.3 is 5.32 Å². The number of nitrogens with one attached hydrogen (secondary N) is 2. The van der Waals surface area contributed by atoms with Crippen molar-refractivity contribution in [2.24, 2.45) is 0 Å². The Morgan fingerprint density at radius 2 is 1.96 bits per heavy atom. The minimum atomic E-state index is -0.314. The highest BCUT2D eigenvalue weighted by Crippen LogP contribution is 2.39. The number of benzene rings is 1. The topological polar surface area (TPSA) is 84.0 Å². The number of nitrogens with zero attached hydrogens (tertiary/aromatic N) is 2. The molecular weight excluding hydrogens is 392 g/mol. The lowest BCUT2D eigenvalue weighted by Crippen LogP contribution is -2.20. The molecule has 2 heterocycles. The van der Waals surface area contributed by atoms with Gasteiger partial charge in [-0.1, -0.05) is 11.6 Å². The molecule has 26 heavy (non-hydrogen) atoms. The maximum Gasteiger partial charge on any atom is 0.257 e. The number of anilines is 2. The smallest absolute Gasteiger partial charge is 0.257 e. The van der Waals surface area contributed by atoms with Gasteiger partial charge in [0, 0.05) is 27.0 Å². The van der Waals surface area contributed by atoms with Gasteiger partial charge >= 0.3 is 0 Å². The fourth-order valence-electron chi connectivity index (χ4n) is 2.78. The van der Waals surface area contributed by atoms with Crippen molar-refractivity contribution < 1.29 is 9.59 Å². The van der Waals surface area contributed by atoms with Crippen molar-refractivity contribution >= 4 is 56.4 Å². The Kier molecular flexibility index (Phi) is 4.71. The Morgan fingerprint density at radius 1 is 1.15 bits per heavy atom. The predicted octanol–water partition coefficient (Wildman–Crippen LogP) is 4.17. The molecule has 0 aliphatic heterocycles. The molecule has 0 saturated heterocycles. The number of carbonyl (C=O) groups excluding carboxylic acids is 2. The molecule has 2 aromatic heterocycles. The number of rotatable bonds is 4. The van der Waals surface area contributed by atoms with Gasteiger partial charge in [0.25, 0.3) is 5.91 Å². The number of aromatic nitrogens is 2. The maximum atomic E-state index is 12.5. The second kappa shape index (κ2) is 7.14. The van der Waals surface area contributed by atoms with Crippen LogP contribution < -0.4 is 10.6 Å². The minimum Gasteiger partial charge on any atom is -0.301 e. The van der Waals surface area contributed by atoms with E-state index in [1.807, 2.05) is 5.38 Å². The van der Waals surface area contributed by atoms with Gasteiger partial charge in [-0.3, -0.25) is 14.9 Å². The molecular formula is C17H13ClN4O2S2. The van der Waals surface area contributed by atoms with Crippen molar-refractivity contribution in [2.75, 3.05) is 10.6 Å². The highest BCUT2D eigenvalue weighted by atomic mass is 35.5.